The topological polar surface area (TPSA) is 75.3 Å². The Kier molecular flexibility index (Phi) is 7.10. The number of carbonyl (C=O) groups is 1. The highest BCUT2D eigenvalue weighted by atomic mass is 35.5. The predicted octanol–water partition coefficient (Wildman–Crippen LogP) is 4.87. The summed E-state index contributed by atoms with van der Waals surface area (Å²) in [5.74, 6) is -1.52. The fourth-order valence-corrected chi connectivity index (χ4v) is 4.29. The molecule has 0 radical (unpaired) electrons. The van der Waals surface area contributed by atoms with Gasteiger partial charge in [-0.3, -0.25) is 4.79 Å². The molecule has 1 amide bonds. The molecule has 0 saturated carbocycles. The largest absolute Gasteiger partial charge is 0.321 e. The van der Waals surface area contributed by atoms with Crippen molar-refractivity contribution >= 4 is 33.2 Å². The van der Waals surface area contributed by atoms with Crippen molar-refractivity contribution in [2.45, 2.75) is 25.2 Å². The summed E-state index contributed by atoms with van der Waals surface area (Å²) in [7, 11) is -3.92. The summed E-state index contributed by atoms with van der Waals surface area (Å²) < 4.78 is 42.1. The molecule has 8 heteroatoms. The fraction of sp³-hybridized carbons (Fsp3) is 0.174. The number of carbonyl (C=O) groups excluding carboxylic acids is 1. The molecule has 0 aliphatic carbocycles. The van der Waals surface area contributed by atoms with Gasteiger partial charge in [0.15, 0.2) is 0 Å². The van der Waals surface area contributed by atoms with Gasteiger partial charge >= 0.3 is 0 Å². The van der Waals surface area contributed by atoms with Gasteiger partial charge in [0.2, 0.25) is 10.0 Å². The molecule has 5 nitrogen and oxygen atoms in total. The number of amides is 1. The lowest BCUT2D eigenvalue weighted by Gasteiger charge is -2.13. The lowest BCUT2D eigenvalue weighted by atomic mass is 10.1. The Morgan fingerprint density at radius 1 is 1.00 bits per heavy atom. The second-order valence-electron chi connectivity index (χ2n) is 7.14. The van der Waals surface area contributed by atoms with Crippen molar-refractivity contribution in [2.24, 2.45) is 0 Å². The molecule has 0 aliphatic heterocycles. The predicted molar refractivity (Wildman–Crippen MR) is 121 cm³/mol. The Bertz CT molecular complexity index is 1190. The third-order valence-corrected chi connectivity index (χ3v) is 6.54. The first-order valence-electron chi connectivity index (χ1n) is 9.58. The van der Waals surface area contributed by atoms with E-state index in [1.807, 2.05) is 44.2 Å². The van der Waals surface area contributed by atoms with Crippen LogP contribution in [0.1, 0.15) is 27.0 Å². The quantitative estimate of drug-likeness (QED) is 0.528. The summed E-state index contributed by atoms with van der Waals surface area (Å²) in [5, 5.41) is 3.28. The number of hydrogen-bond donors (Lipinski definition) is 2. The van der Waals surface area contributed by atoms with E-state index in [2.05, 4.69) is 10.0 Å². The highest BCUT2D eigenvalue weighted by Crippen LogP contribution is 2.22. The van der Waals surface area contributed by atoms with Gasteiger partial charge in [-0.05, 0) is 67.3 Å². The summed E-state index contributed by atoms with van der Waals surface area (Å²) in [6.07, 6.45) is 0.456. The van der Waals surface area contributed by atoms with E-state index in [0.29, 0.717) is 17.1 Å². The van der Waals surface area contributed by atoms with Gasteiger partial charge in [-0.15, -0.1) is 0 Å². The zero-order chi connectivity index (χ0) is 22.6. The van der Waals surface area contributed by atoms with Crippen molar-refractivity contribution < 1.29 is 17.6 Å². The summed E-state index contributed by atoms with van der Waals surface area (Å²) in [5.41, 5.74) is 2.78. The summed E-state index contributed by atoms with van der Waals surface area (Å²) >= 11 is 5.84. The molecule has 0 bridgehead atoms. The Morgan fingerprint density at radius 2 is 1.65 bits per heavy atom. The number of para-hydroxylation sites is 1. The van der Waals surface area contributed by atoms with Gasteiger partial charge in [0.05, 0.1) is 10.5 Å². The number of sulfonamides is 1. The number of hydrogen-bond acceptors (Lipinski definition) is 3. The molecule has 3 rings (SSSR count). The Hall–Kier alpha value is -2.74. The summed E-state index contributed by atoms with van der Waals surface area (Å²) in [4.78, 5) is 12.5. The molecular formula is C23H22ClFN2O3S. The Balaban J connectivity index is 1.75. The highest BCUT2D eigenvalue weighted by Gasteiger charge is 2.20. The van der Waals surface area contributed by atoms with Crippen molar-refractivity contribution in [1.82, 2.24) is 4.72 Å². The number of halogens is 2. The van der Waals surface area contributed by atoms with Crippen molar-refractivity contribution in [3.63, 3.8) is 0 Å². The van der Waals surface area contributed by atoms with E-state index in [0.717, 1.165) is 34.9 Å². The number of rotatable bonds is 7. The lowest BCUT2D eigenvalue weighted by molar-refractivity contribution is 0.102. The fourth-order valence-electron chi connectivity index (χ4n) is 3.10. The van der Waals surface area contributed by atoms with Gasteiger partial charge in [-0.25, -0.2) is 17.5 Å². The molecule has 3 aromatic rings. The third kappa shape index (κ3) is 5.70. The molecule has 2 N–H and O–H groups in total. The smallest absolute Gasteiger partial charge is 0.258 e. The van der Waals surface area contributed by atoms with Crippen LogP contribution in [0.4, 0.5) is 10.1 Å². The molecule has 0 atom stereocenters. The van der Waals surface area contributed by atoms with E-state index in [4.69, 9.17) is 11.6 Å². The average molecular weight is 461 g/mol. The maximum absolute atomic E-state index is 14.3. The van der Waals surface area contributed by atoms with E-state index in [9.17, 15) is 17.6 Å². The normalized spacial score (nSPS) is 11.4. The van der Waals surface area contributed by atoms with Crippen LogP contribution < -0.4 is 10.0 Å². The van der Waals surface area contributed by atoms with Crippen LogP contribution in [0.25, 0.3) is 0 Å². The third-order valence-electron chi connectivity index (χ3n) is 4.83. The summed E-state index contributed by atoms with van der Waals surface area (Å²) in [6.45, 7) is 3.79. The molecule has 0 aromatic heterocycles. The molecule has 31 heavy (non-hydrogen) atoms. The van der Waals surface area contributed by atoms with E-state index in [1.165, 1.54) is 0 Å². The van der Waals surface area contributed by atoms with Crippen LogP contribution in [0.3, 0.4) is 0 Å². The Morgan fingerprint density at radius 3 is 2.29 bits per heavy atom. The second-order valence-corrected chi connectivity index (χ2v) is 9.34. The van der Waals surface area contributed by atoms with Crippen LogP contribution >= 0.6 is 11.6 Å². The van der Waals surface area contributed by atoms with Crippen LogP contribution in [0.5, 0.6) is 0 Å². The molecular weight excluding hydrogens is 439 g/mol. The van der Waals surface area contributed by atoms with Crippen molar-refractivity contribution in [1.29, 1.82) is 0 Å². The molecule has 0 saturated heterocycles. The van der Waals surface area contributed by atoms with Crippen LogP contribution in [0.15, 0.2) is 65.6 Å². The van der Waals surface area contributed by atoms with Gasteiger partial charge in [0, 0.05) is 17.3 Å². The minimum Gasteiger partial charge on any atom is -0.321 e. The zero-order valence-electron chi connectivity index (χ0n) is 17.1. The van der Waals surface area contributed by atoms with Crippen LogP contribution in [-0.4, -0.2) is 20.9 Å². The Labute approximate surface area is 186 Å². The van der Waals surface area contributed by atoms with E-state index < -0.39 is 21.7 Å². The van der Waals surface area contributed by atoms with Crippen molar-refractivity contribution in [2.75, 3.05) is 11.9 Å². The number of aryl methyl sites for hydroxylation is 2. The lowest BCUT2D eigenvalue weighted by Crippen LogP contribution is -2.26. The van der Waals surface area contributed by atoms with Crippen molar-refractivity contribution in [3.8, 4) is 0 Å². The SMILES string of the molecule is Cc1cccc(C)c1NC(=O)c1cc(S(=O)(=O)NCCc2ccc(Cl)cc2)ccc1F. The molecule has 162 valence electrons. The minimum atomic E-state index is -3.92. The van der Waals surface area contributed by atoms with Gasteiger partial charge in [0.1, 0.15) is 5.82 Å². The molecule has 0 unspecified atom stereocenters. The standard InChI is InChI=1S/C23H22ClFN2O3S/c1-15-4-3-5-16(2)22(15)27-23(28)20-14-19(10-11-21(20)25)31(29,30)26-13-12-17-6-8-18(24)9-7-17/h3-11,14,26H,12-13H2,1-2H3,(H,27,28). The van der Waals surface area contributed by atoms with Gasteiger partial charge in [-0.2, -0.15) is 0 Å². The molecule has 3 aromatic carbocycles. The van der Waals surface area contributed by atoms with Crippen molar-refractivity contribution in [3.05, 3.63) is 93.8 Å². The first kappa shape index (κ1) is 22.9. The van der Waals surface area contributed by atoms with Crippen LogP contribution in [0.2, 0.25) is 5.02 Å². The van der Waals surface area contributed by atoms with E-state index in [-0.39, 0.29) is 17.0 Å². The van der Waals surface area contributed by atoms with E-state index >= 15 is 0 Å². The van der Waals surface area contributed by atoms with Gasteiger partial charge in [0.25, 0.3) is 5.91 Å². The second kappa shape index (κ2) is 9.60. The zero-order valence-corrected chi connectivity index (χ0v) is 18.6. The molecule has 0 spiro atoms. The number of benzene rings is 3. The first-order valence-corrected chi connectivity index (χ1v) is 11.4. The highest BCUT2D eigenvalue weighted by molar-refractivity contribution is 7.89. The van der Waals surface area contributed by atoms with Gasteiger partial charge in [-0.1, -0.05) is 41.9 Å². The summed E-state index contributed by atoms with van der Waals surface area (Å²) in [6, 6.07) is 15.7. The molecule has 0 aliphatic rings. The van der Waals surface area contributed by atoms with E-state index in [1.54, 1.807) is 12.1 Å². The molecule has 0 heterocycles. The maximum atomic E-state index is 14.3. The van der Waals surface area contributed by atoms with Gasteiger partial charge < -0.3 is 5.32 Å². The van der Waals surface area contributed by atoms with Crippen LogP contribution in [-0.2, 0) is 16.4 Å². The molecule has 0 fully saturated rings. The number of nitrogens with one attached hydrogen (secondary N) is 2. The average Bonchev–Trinajstić information content (AvgIpc) is 2.72. The monoisotopic (exact) mass is 460 g/mol. The maximum Gasteiger partial charge on any atom is 0.258 e. The van der Waals surface area contributed by atoms with Crippen LogP contribution in [0, 0.1) is 19.7 Å². The number of anilines is 1. The minimum absolute atomic E-state index is 0.144. The first-order chi connectivity index (χ1) is 14.7.